The molecule has 1 saturated carbocycles. The number of thiophene rings is 1. The number of aliphatic hydroxyl groups is 1. The van der Waals surface area contributed by atoms with Crippen LogP contribution in [0.15, 0.2) is 16.8 Å². The smallest absolute Gasteiger partial charge is 0.252 e. The molecule has 0 spiro atoms. The molecule has 0 saturated heterocycles. The van der Waals surface area contributed by atoms with Gasteiger partial charge in [0.25, 0.3) is 5.91 Å². The number of hydrogen-bond acceptors (Lipinski definition) is 4. The minimum atomic E-state index is -0.268. The normalized spacial score (nSPS) is 21.2. The van der Waals surface area contributed by atoms with Crippen molar-refractivity contribution in [3.63, 3.8) is 0 Å². The number of amides is 2. The summed E-state index contributed by atoms with van der Waals surface area (Å²) in [6, 6.07) is 1.78. The minimum absolute atomic E-state index is 0.0149. The fraction of sp³-hybridized carbons (Fsp3) is 0.600. The molecule has 2 rings (SSSR count). The zero-order valence-electron chi connectivity index (χ0n) is 12.0. The van der Waals surface area contributed by atoms with Crippen LogP contribution < -0.4 is 10.6 Å². The van der Waals surface area contributed by atoms with Gasteiger partial charge in [-0.3, -0.25) is 9.59 Å². The average Bonchev–Trinajstić information content (AvgIpc) is 3.12. The zero-order valence-corrected chi connectivity index (χ0v) is 12.8. The number of carbonyl (C=O) groups is 2. The number of aliphatic hydroxyl groups excluding tert-OH is 1. The van der Waals surface area contributed by atoms with Crippen molar-refractivity contribution >= 4 is 23.2 Å². The van der Waals surface area contributed by atoms with E-state index in [0.29, 0.717) is 31.5 Å². The van der Waals surface area contributed by atoms with Crippen molar-refractivity contribution in [2.24, 2.45) is 5.92 Å². The first-order valence-electron chi connectivity index (χ1n) is 7.42. The van der Waals surface area contributed by atoms with Gasteiger partial charge in [-0.2, -0.15) is 11.3 Å². The molecule has 6 heteroatoms. The van der Waals surface area contributed by atoms with E-state index in [0.717, 1.165) is 19.3 Å². The Labute approximate surface area is 128 Å². The van der Waals surface area contributed by atoms with E-state index >= 15 is 0 Å². The van der Waals surface area contributed by atoms with E-state index in [1.54, 1.807) is 11.4 Å². The van der Waals surface area contributed by atoms with Crippen LogP contribution in [0, 0.1) is 5.92 Å². The van der Waals surface area contributed by atoms with Gasteiger partial charge in [0.15, 0.2) is 0 Å². The van der Waals surface area contributed by atoms with E-state index in [2.05, 4.69) is 10.6 Å². The summed E-state index contributed by atoms with van der Waals surface area (Å²) < 4.78 is 0. The van der Waals surface area contributed by atoms with Crippen LogP contribution in [0.5, 0.6) is 0 Å². The fourth-order valence-corrected chi connectivity index (χ4v) is 3.17. The van der Waals surface area contributed by atoms with E-state index in [-0.39, 0.29) is 23.8 Å². The van der Waals surface area contributed by atoms with Crippen LogP contribution in [0.3, 0.4) is 0 Å². The third-order valence-electron chi connectivity index (χ3n) is 3.83. The van der Waals surface area contributed by atoms with Crippen molar-refractivity contribution in [3.05, 3.63) is 22.4 Å². The lowest BCUT2D eigenvalue weighted by Gasteiger charge is -2.15. The average molecular weight is 310 g/mol. The van der Waals surface area contributed by atoms with Gasteiger partial charge in [0, 0.05) is 36.4 Å². The van der Waals surface area contributed by atoms with Gasteiger partial charge in [-0.05, 0) is 30.7 Å². The molecular formula is C15H22N2O3S. The maximum absolute atomic E-state index is 11.7. The maximum atomic E-state index is 11.7. The Balaban J connectivity index is 1.54. The largest absolute Gasteiger partial charge is 0.393 e. The SMILES string of the molecule is O=C(CCCNC(=O)c1ccsc1)NCC1CCCC1O. The highest BCUT2D eigenvalue weighted by molar-refractivity contribution is 7.08. The second-order valence-corrected chi connectivity index (χ2v) is 6.21. The molecule has 2 unspecified atom stereocenters. The quantitative estimate of drug-likeness (QED) is 0.668. The number of rotatable bonds is 7. The predicted molar refractivity (Wildman–Crippen MR) is 82.2 cm³/mol. The molecule has 0 radical (unpaired) electrons. The molecule has 0 bridgehead atoms. The lowest BCUT2D eigenvalue weighted by atomic mass is 10.1. The van der Waals surface area contributed by atoms with Gasteiger partial charge in [0.05, 0.1) is 6.10 Å². The first-order valence-corrected chi connectivity index (χ1v) is 8.36. The molecule has 1 aromatic rings. The van der Waals surface area contributed by atoms with E-state index < -0.39 is 0 Å². The van der Waals surface area contributed by atoms with Crippen molar-refractivity contribution < 1.29 is 14.7 Å². The van der Waals surface area contributed by atoms with E-state index in [9.17, 15) is 14.7 Å². The van der Waals surface area contributed by atoms with Crippen molar-refractivity contribution in [3.8, 4) is 0 Å². The molecule has 0 aromatic carbocycles. The Morgan fingerprint density at radius 2 is 2.19 bits per heavy atom. The zero-order chi connectivity index (χ0) is 15.1. The van der Waals surface area contributed by atoms with Gasteiger partial charge in [-0.1, -0.05) is 6.42 Å². The standard InChI is InChI=1S/C15H22N2O3S/c18-13-4-1-3-11(13)9-17-14(19)5-2-7-16-15(20)12-6-8-21-10-12/h6,8,10-11,13,18H,1-5,7,9H2,(H,16,20)(H,17,19). The third-order valence-corrected chi connectivity index (χ3v) is 4.51. The Morgan fingerprint density at radius 3 is 2.86 bits per heavy atom. The fourth-order valence-electron chi connectivity index (χ4n) is 2.54. The Kier molecular flexibility index (Phi) is 6.20. The van der Waals surface area contributed by atoms with Gasteiger partial charge < -0.3 is 15.7 Å². The molecule has 1 aliphatic carbocycles. The molecule has 2 amide bonds. The number of nitrogens with one attached hydrogen (secondary N) is 2. The lowest BCUT2D eigenvalue weighted by Crippen LogP contribution is -2.33. The van der Waals surface area contributed by atoms with Crippen LogP contribution in [-0.4, -0.2) is 36.1 Å². The molecule has 2 atom stereocenters. The van der Waals surface area contributed by atoms with Crippen LogP contribution in [0.25, 0.3) is 0 Å². The first-order chi connectivity index (χ1) is 10.2. The molecule has 5 nitrogen and oxygen atoms in total. The summed E-state index contributed by atoms with van der Waals surface area (Å²) in [4.78, 5) is 23.3. The molecule has 1 heterocycles. The summed E-state index contributed by atoms with van der Waals surface area (Å²) in [5.74, 6) is 0.0943. The molecule has 0 aliphatic heterocycles. The van der Waals surface area contributed by atoms with Gasteiger partial charge in [0.2, 0.25) is 5.91 Å². The van der Waals surface area contributed by atoms with Crippen molar-refractivity contribution in [1.82, 2.24) is 10.6 Å². The van der Waals surface area contributed by atoms with Crippen LogP contribution in [0.1, 0.15) is 42.5 Å². The van der Waals surface area contributed by atoms with E-state index in [4.69, 9.17) is 0 Å². The Hall–Kier alpha value is -1.40. The van der Waals surface area contributed by atoms with Crippen molar-refractivity contribution in [2.45, 2.75) is 38.2 Å². The summed E-state index contributed by atoms with van der Waals surface area (Å²) in [5, 5.41) is 19.0. The molecule has 21 heavy (non-hydrogen) atoms. The van der Waals surface area contributed by atoms with E-state index in [1.807, 2.05) is 5.38 Å². The third kappa shape index (κ3) is 5.13. The second kappa shape index (κ2) is 8.14. The summed E-state index contributed by atoms with van der Waals surface area (Å²) >= 11 is 1.49. The Bertz CT molecular complexity index is 461. The van der Waals surface area contributed by atoms with Crippen LogP contribution in [-0.2, 0) is 4.79 Å². The van der Waals surface area contributed by atoms with Crippen LogP contribution >= 0.6 is 11.3 Å². The molecule has 1 aromatic heterocycles. The van der Waals surface area contributed by atoms with Crippen LogP contribution in [0.2, 0.25) is 0 Å². The molecule has 3 N–H and O–H groups in total. The van der Waals surface area contributed by atoms with Gasteiger partial charge in [0.1, 0.15) is 0 Å². The van der Waals surface area contributed by atoms with Gasteiger partial charge in [-0.15, -0.1) is 0 Å². The van der Waals surface area contributed by atoms with E-state index in [1.165, 1.54) is 11.3 Å². The minimum Gasteiger partial charge on any atom is -0.393 e. The summed E-state index contributed by atoms with van der Waals surface area (Å²) in [5.41, 5.74) is 0.666. The number of hydrogen-bond donors (Lipinski definition) is 3. The monoisotopic (exact) mass is 310 g/mol. The maximum Gasteiger partial charge on any atom is 0.252 e. The van der Waals surface area contributed by atoms with Crippen molar-refractivity contribution in [2.75, 3.05) is 13.1 Å². The Morgan fingerprint density at radius 1 is 1.33 bits per heavy atom. The van der Waals surface area contributed by atoms with Crippen molar-refractivity contribution in [1.29, 1.82) is 0 Å². The molecule has 1 fully saturated rings. The summed E-state index contributed by atoms with van der Waals surface area (Å²) in [6.07, 6.45) is 3.61. The van der Waals surface area contributed by atoms with Crippen LogP contribution in [0.4, 0.5) is 0 Å². The molecular weight excluding hydrogens is 288 g/mol. The lowest BCUT2D eigenvalue weighted by molar-refractivity contribution is -0.121. The van der Waals surface area contributed by atoms with Gasteiger partial charge >= 0.3 is 0 Å². The second-order valence-electron chi connectivity index (χ2n) is 5.43. The highest BCUT2D eigenvalue weighted by Crippen LogP contribution is 2.24. The highest BCUT2D eigenvalue weighted by atomic mass is 32.1. The first kappa shape index (κ1) is 16.0. The summed E-state index contributed by atoms with van der Waals surface area (Å²) in [6.45, 7) is 1.05. The molecule has 116 valence electrons. The van der Waals surface area contributed by atoms with Gasteiger partial charge in [-0.25, -0.2) is 0 Å². The highest BCUT2D eigenvalue weighted by Gasteiger charge is 2.25. The predicted octanol–water partition coefficient (Wildman–Crippen LogP) is 1.54. The molecule has 1 aliphatic rings. The number of carbonyl (C=O) groups excluding carboxylic acids is 2. The summed E-state index contributed by atoms with van der Waals surface area (Å²) in [7, 11) is 0. The topological polar surface area (TPSA) is 78.4 Å².